The average molecular weight is 503 g/mol. The van der Waals surface area contributed by atoms with Gasteiger partial charge in [0.25, 0.3) is 5.91 Å². The summed E-state index contributed by atoms with van der Waals surface area (Å²) in [5, 5.41) is 20.3. The topological polar surface area (TPSA) is 103 Å². The predicted octanol–water partition coefficient (Wildman–Crippen LogP) is 3.50. The first-order chi connectivity index (χ1) is 17.7. The fourth-order valence-electron chi connectivity index (χ4n) is 3.91. The van der Waals surface area contributed by atoms with Crippen molar-refractivity contribution in [2.75, 3.05) is 27.2 Å². The van der Waals surface area contributed by atoms with Gasteiger partial charge >= 0.3 is 0 Å². The van der Waals surface area contributed by atoms with Gasteiger partial charge < -0.3 is 15.0 Å². The molecule has 0 fully saturated rings. The number of amides is 1. The Morgan fingerprint density at radius 3 is 2.57 bits per heavy atom. The fourth-order valence-corrected chi connectivity index (χ4v) is 3.91. The second-order valence-electron chi connectivity index (χ2n) is 9.33. The minimum Gasteiger partial charge on any atom is -0.492 e. The van der Waals surface area contributed by atoms with E-state index in [2.05, 4.69) is 30.7 Å². The summed E-state index contributed by atoms with van der Waals surface area (Å²) >= 11 is 0. The molecule has 2 heterocycles. The zero-order valence-corrected chi connectivity index (χ0v) is 22.3. The van der Waals surface area contributed by atoms with Crippen LogP contribution in [0.15, 0.2) is 48.7 Å². The van der Waals surface area contributed by atoms with Crippen molar-refractivity contribution < 1.29 is 9.53 Å². The second kappa shape index (κ2) is 11.3. The first-order valence-electron chi connectivity index (χ1n) is 12.4. The van der Waals surface area contributed by atoms with Gasteiger partial charge in [0.05, 0.1) is 18.8 Å². The Labute approximate surface area is 217 Å². The molecule has 0 unspecified atom stereocenters. The van der Waals surface area contributed by atoms with Crippen LogP contribution < -0.4 is 10.1 Å². The Hall–Kier alpha value is -4.05. The Kier molecular flexibility index (Phi) is 7.98. The lowest BCUT2D eigenvalue weighted by molar-refractivity contribution is 0.0938. The summed E-state index contributed by atoms with van der Waals surface area (Å²) in [6, 6.07) is 13.3. The number of ether oxygens (including phenoxy) is 1. The van der Waals surface area contributed by atoms with Crippen LogP contribution in [-0.2, 0) is 13.6 Å². The van der Waals surface area contributed by atoms with Crippen molar-refractivity contribution in [3.8, 4) is 28.4 Å². The van der Waals surface area contributed by atoms with E-state index in [1.54, 1.807) is 13.1 Å². The molecular formula is C27H34N8O2. The third kappa shape index (κ3) is 6.39. The molecule has 10 nitrogen and oxygen atoms in total. The number of carbonyl (C=O) groups is 1. The van der Waals surface area contributed by atoms with Crippen LogP contribution in [0.2, 0.25) is 0 Å². The van der Waals surface area contributed by atoms with Crippen molar-refractivity contribution >= 4 is 5.91 Å². The van der Waals surface area contributed by atoms with Crippen molar-refractivity contribution in [1.82, 2.24) is 40.2 Å². The van der Waals surface area contributed by atoms with E-state index in [0.717, 1.165) is 41.0 Å². The summed E-state index contributed by atoms with van der Waals surface area (Å²) in [7, 11) is 5.72. The number of rotatable bonds is 10. The highest BCUT2D eigenvalue weighted by molar-refractivity contribution is 5.96. The van der Waals surface area contributed by atoms with E-state index in [1.807, 2.05) is 82.1 Å². The van der Waals surface area contributed by atoms with Gasteiger partial charge in [-0.05, 0) is 87.6 Å². The van der Waals surface area contributed by atoms with Crippen LogP contribution in [0.1, 0.15) is 41.4 Å². The standard InChI is InChI=1S/C27H34N8O2/c1-7-35-11-10-25(30-35)21-14-20(15-22(16-21)26-29-32-34(6)31-26)19(3)28-27(36)24-17-23(9-8-18(24)2)37-13-12-33(4)5/h8-11,14-17,19H,7,12-13H2,1-6H3,(H,28,36)/t19-/m1/s1. The third-order valence-corrected chi connectivity index (χ3v) is 6.09. The average Bonchev–Trinajstić information content (AvgIpc) is 3.53. The number of tetrazole rings is 1. The quantitative estimate of drug-likeness (QED) is 0.354. The number of benzene rings is 2. The molecule has 4 aromatic rings. The minimum absolute atomic E-state index is 0.164. The molecule has 0 aliphatic heterocycles. The molecule has 0 aliphatic carbocycles. The molecule has 0 bridgehead atoms. The van der Waals surface area contributed by atoms with Gasteiger partial charge in [-0.25, -0.2) is 0 Å². The van der Waals surface area contributed by atoms with Crippen LogP contribution in [0, 0.1) is 6.92 Å². The van der Waals surface area contributed by atoms with E-state index in [-0.39, 0.29) is 11.9 Å². The summed E-state index contributed by atoms with van der Waals surface area (Å²) in [6.07, 6.45) is 1.95. The summed E-state index contributed by atoms with van der Waals surface area (Å²) in [6.45, 7) is 8.05. The lowest BCUT2D eigenvalue weighted by Crippen LogP contribution is -2.27. The normalized spacial score (nSPS) is 12.1. The molecule has 2 aromatic carbocycles. The molecule has 0 saturated carbocycles. The number of aryl methyl sites for hydroxylation is 3. The number of likely N-dealkylation sites (N-methyl/N-ethyl adjacent to an activating group) is 1. The van der Waals surface area contributed by atoms with Crippen LogP contribution >= 0.6 is 0 Å². The van der Waals surface area contributed by atoms with E-state index >= 15 is 0 Å². The summed E-state index contributed by atoms with van der Waals surface area (Å²) in [5.41, 5.74) is 4.94. The summed E-state index contributed by atoms with van der Waals surface area (Å²) < 4.78 is 7.72. The van der Waals surface area contributed by atoms with Gasteiger partial charge in [0, 0.05) is 36.0 Å². The zero-order valence-electron chi connectivity index (χ0n) is 22.3. The van der Waals surface area contributed by atoms with E-state index in [9.17, 15) is 4.79 Å². The molecule has 10 heteroatoms. The first kappa shape index (κ1) is 26.0. The molecule has 1 amide bonds. The van der Waals surface area contributed by atoms with Crippen LogP contribution in [0.4, 0.5) is 0 Å². The van der Waals surface area contributed by atoms with Gasteiger partial charge in [-0.15, -0.1) is 10.2 Å². The molecule has 2 aromatic heterocycles. The molecule has 0 spiro atoms. The second-order valence-corrected chi connectivity index (χ2v) is 9.33. The van der Waals surface area contributed by atoms with Gasteiger partial charge in [-0.2, -0.15) is 9.90 Å². The van der Waals surface area contributed by atoms with Gasteiger partial charge in [0.2, 0.25) is 5.82 Å². The maximum Gasteiger partial charge on any atom is 0.252 e. The van der Waals surface area contributed by atoms with Crippen molar-refractivity contribution in [3.05, 3.63) is 65.4 Å². The smallest absolute Gasteiger partial charge is 0.252 e. The molecule has 0 aliphatic rings. The molecular weight excluding hydrogens is 468 g/mol. The number of nitrogens with zero attached hydrogens (tertiary/aromatic N) is 7. The van der Waals surface area contributed by atoms with Crippen LogP contribution in [0.3, 0.4) is 0 Å². The molecule has 4 rings (SSSR count). The van der Waals surface area contributed by atoms with Crippen LogP contribution in [0.5, 0.6) is 5.75 Å². The number of hydrogen-bond acceptors (Lipinski definition) is 7. The van der Waals surface area contributed by atoms with Crippen LogP contribution in [0.25, 0.3) is 22.6 Å². The van der Waals surface area contributed by atoms with Crippen molar-refractivity contribution in [1.29, 1.82) is 0 Å². The van der Waals surface area contributed by atoms with E-state index in [4.69, 9.17) is 4.74 Å². The molecule has 0 radical (unpaired) electrons. The molecule has 0 saturated heterocycles. The Balaban J connectivity index is 1.60. The highest BCUT2D eigenvalue weighted by Gasteiger charge is 2.18. The van der Waals surface area contributed by atoms with Gasteiger partial charge in [0.1, 0.15) is 12.4 Å². The lowest BCUT2D eigenvalue weighted by atomic mass is 9.98. The highest BCUT2D eigenvalue weighted by atomic mass is 16.5. The summed E-state index contributed by atoms with van der Waals surface area (Å²) in [4.78, 5) is 16.8. The van der Waals surface area contributed by atoms with Crippen LogP contribution in [-0.4, -0.2) is 68.0 Å². The Morgan fingerprint density at radius 1 is 1.11 bits per heavy atom. The first-order valence-corrected chi connectivity index (χ1v) is 12.4. The molecule has 37 heavy (non-hydrogen) atoms. The number of nitrogens with one attached hydrogen (secondary N) is 1. The van der Waals surface area contributed by atoms with Gasteiger partial charge in [-0.1, -0.05) is 6.07 Å². The minimum atomic E-state index is -0.283. The van der Waals surface area contributed by atoms with Crippen molar-refractivity contribution in [2.24, 2.45) is 7.05 Å². The van der Waals surface area contributed by atoms with Gasteiger partial charge in [-0.3, -0.25) is 9.48 Å². The van der Waals surface area contributed by atoms with E-state index in [1.165, 1.54) is 4.80 Å². The Morgan fingerprint density at radius 2 is 1.89 bits per heavy atom. The van der Waals surface area contributed by atoms with Crippen molar-refractivity contribution in [2.45, 2.75) is 33.4 Å². The predicted molar refractivity (Wildman–Crippen MR) is 142 cm³/mol. The SMILES string of the molecule is CCn1ccc(-c2cc(-c3nnn(C)n3)cc([C@@H](C)NC(=O)c3cc(OCCN(C)C)ccc3C)c2)n1. The zero-order chi connectivity index (χ0) is 26.5. The number of hydrogen-bond donors (Lipinski definition) is 1. The largest absolute Gasteiger partial charge is 0.492 e. The van der Waals surface area contributed by atoms with E-state index in [0.29, 0.717) is 23.7 Å². The maximum absolute atomic E-state index is 13.3. The maximum atomic E-state index is 13.3. The number of aromatic nitrogens is 6. The summed E-state index contributed by atoms with van der Waals surface area (Å²) in [5.74, 6) is 1.02. The highest BCUT2D eigenvalue weighted by Crippen LogP contribution is 2.29. The number of carbonyl (C=O) groups excluding carboxylic acids is 1. The molecule has 1 N–H and O–H groups in total. The molecule has 194 valence electrons. The van der Waals surface area contributed by atoms with Crippen molar-refractivity contribution in [3.63, 3.8) is 0 Å². The van der Waals surface area contributed by atoms with E-state index < -0.39 is 0 Å². The fraction of sp³-hybridized carbons (Fsp3) is 0.370. The lowest BCUT2D eigenvalue weighted by Gasteiger charge is -2.18. The molecule has 1 atom stereocenters. The third-order valence-electron chi connectivity index (χ3n) is 6.09. The Bertz CT molecular complexity index is 1370. The van der Waals surface area contributed by atoms with Gasteiger partial charge in [0.15, 0.2) is 0 Å². The monoisotopic (exact) mass is 502 g/mol.